The average molecular weight is 338 g/mol. The molecule has 1 amide bonds. The van der Waals surface area contributed by atoms with Crippen LogP contribution in [0.1, 0.15) is 42.4 Å². The van der Waals surface area contributed by atoms with E-state index in [-0.39, 0.29) is 17.7 Å². The molecule has 0 fully saturated rings. The molecule has 6 heteroatoms. The second-order valence-corrected chi connectivity index (χ2v) is 6.22. The SMILES string of the molecule is CC[C@@H](C(=O)N(C)Cc1ccn[nH]1)n1cc(C(C)=O)c2ccccc21. The summed E-state index contributed by atoms with van der Waals surface area (Å²) < 4.78 is 1.93. The fourth-order valence-corrected chi connectivity index (χ4v) is 3.19. The third-order valence-corrected chi connectivity index (χ3v) is 4.47. The summed E-state index contributed by atoms with van der Waals surface area (Å²) in [6.07, 6.45) is 4.12. The summed E-state index contributed by atoms with van der Waals surface area (Å²) in [6, 6.07) is 9.20. The zero-order chi connectivity index (χ0) is 18.0. The minimum absolute atomic E-state index is 0.00284. The maximum Gasteiger partial charge on any atom is 0.245 e. The number of nitrogens with one attached hydrogen (secondary N) is 1. The number of rotatable bonds is 6. The Balaban J connectivity index is 1.96. The first-order valence-electron chi connectivity index (χ1n) is 8.36. The number of ketones is 1. The standard InChI is InChI=1S/C19H22N4O2/c1-4-17(19(25)22(3)11-14-9-10-20-21-14)23-12-16(13(2)24)15-7-5-6-8-18(15)23/h5-10,12,17H,4,11H2,1-3H3,(H,20,21)/t17-/m0/s1. The number of fused-ring (bicyclic) bond motifs is 1. The summed E-state index contributed by atoms with van der Waals surface area (Å²) >= 11 is 0. The fraction of sp³-hybridized carbons (Fsp3) is 0.316. The van der Waals surface area contributed by atoms with Crippen LogP contribution in [0.4, 0.5) is 0 Å². The van der Waals surface area contributed by atoms with Crippen LogP contribution in [0.2, 0.25) is 0 Å². The second kappa shape index (κ2) is 6.93. The van der Waals surface area contributed by atoms with Crippen LogP contribution >= 0.6 is 0 Å². The maximum absolute atomic E-state index is 13.0. The van der Waals surface area contributed by atoms with E-state index in [0.29, 0.717) is 18.5 Å². The monoisotopic (exact) mass is 338 g/mol. The lowest BCUT2D eigenvalue weighted by molar-refractivity contribution is -0.134. The predicted molar refractivity (Wildman–Crippen MR) is 96.3 cm³/mol. The molecular weight excluding hydrogens is 316 g/mol. The summed E-state index contributed by atoms with van der Waals surface area (Å²) in [5, 5.41) is 7.68. The van der Waals surface area contributed by atoms with Gasteiger partial charge in [-0.05, 0) is 25.5 Å². The highest BCUT2D eigenvalue weighted by molar-refractivity contribution is 6.07. The van der Waals surface area contributed by atoms with Gasteiger partial charge in [-0.1, -0.05) is 25.1 Å². The molecule has 3 rings (SSSR count). The highest BCUT2D eigenvalue weighted by atomic mass is 16.2. The number of carbonyl (C=O) groups is 2. The van der Waals surface area contributed by atoms with Gasteiger partial charge in [-0.25, -0.2) is 0 Å². The van der Waals surface area contributed by atoms with Gasteiger partial charge in [0.2, 0.25) is 5.91 Å². The van der Waals surface area contributed by atoms with Crippen LogP contribution in [0.25, 0.3) is 10.9 Å². The fourth-order valence-electron chi connectivity index (χ4n) is 3.19. The lowest BCUT2D eigenvalue weighted by atomic mass is 10.1. The Labute approximate surface area is 146 Å². The number of likely N-dealkylation sites (N-methyl/N-ethyl adjacent to an activating group) is 1. The first-order valence-corrected chi connectivity index (χ1v) is 8.36. The van der Waals surface area contributed by atoms with E-state index in [0.717, 1.165) is 16.6 Å². The quantitative estimate of drug-likeness (QED) is 0.702. The van der Waals surface area contributed by atoms with Crippen LogP contribution in [0, 0.1) is 0 Å². The van der Waals surface area contributed by atoms with Gasteiger partial charge in [-0.3, -0.25) is 14.7 Å². The van der Waals surface area contributed by atoms with Gasteiger partial charge in [0.25, 0.3) is 0 Å². The van der Waals surface area contributed by atoms with Crippen LogP contribution in [0.5, 0.6) is 0 Å². The number of Topliss-reactive ketones (excluding diaryl/α,β-unsaturated/α-hetero) is 1. The molecule has 1 N–H and O–H groups in total. The summed E-state index contributed by atoms with van der Waals surface area (Å²) in [7, 11) is 1.78. The number of benzene rings is 1. The molecule has 0 bridgehead atoms. The molecule has 0 saturated heterocycles. The van der Waals surface area contributed by atoms with Crippen molar-refractivity contribution in [1.29, 1.82) is 0 Å². The van der Waals surface area contributed by atoms with Crippen molar-refractivity contribution >= 4 is 22.6 Å². The molecule has 3 aromatic rings. The van der Waals surface area contributed by atoms with Crippen LogP contribution in [-0.4, -0.2) is 38.4 Å². The normalized spacial score (nSPS) is 12.3. The average Bonchev–Trinajstić information content (AvgIpc) is 3.23. The Morgan fingerprint density at radius 2 is 2.04 bits per heavy atom. The summed E-state index contributed by atoms with van der Waals surface area (Å²) in [6.45, 7) is 4.00. The number of H-pyrrole nitrogens is 1. The van der Waals surface area contributed by atoms with Gasteiger partial charge in [-0.15, -0.1) is 0 Å². The molecule has 25 heavy (non-hydrogen) atoms. The number of hydrogen-bond acceptors (Lipinski definition) is 3. The van der Waals surface area contributed by atoms with Crippen LogP contribution in [-0.2, 0) is 11.3 Å². The Morgan fingerprint density at radius 3 is 2.68 bits per heavy atom. The Hall–Kier alpha value is -2.89. The number of para-hydroxylation sites is 1. The highest BCUT2D eigenvalue weighted by Crippen LogP contribution is 2.27. The molecule has 0 spiro atoms. The van der Waals surface area contributed by atoms with Crippen molar-refractivity contribution in [1.82, 2.24) is 19.7 Å². The Morgan fingerprint density at radius 1 is 1.28 bits per heavy atom. The number of hydrogen-bond donors (Lipinski definition) is 1. The van der Waals surface area contributed by atoms with E-state index < -0.39 is 0 Å². The van der Waals surface area contributed by atoms with Crippen molar-refractivity contribution < 1.29 is 9.59 Å². The number of aromatic nitrogens is 3. The first kappa shape index (κ1) is 17.0. The molecule has 1 atom stereocenters. The maximum atomic E-state index is 13.0. The Bertz CT molecular complexity index is 895. The lowest BCUT2D eigenvalue weighted by Gasteiger charge is -2.24. The number of amides is 1. The zero-order valence-electron chi connectivity index (χ0n) is 14.7. The van der Waals surface area contributed by atoms with E-state index in [1.54, 1.807) is 25.1 Å². The molecule has 0 aliphatic carbocycles. The number of carbonyl (C=O) groups excluding carboxylic acids is 2. The van der Waals surface area contributed by atoms with Crippen molar-refractivity contribution in [2.24, 2.45) is 0 Å². The smallest absolute Gasteiger partial charge is 0.245 e. The van der Waals surface area contributed by atoms with Crippen molar-refractivity contribution in [2.45, 2.75) is 32.9 Å². The van der Waals surface area contributed by atoms with Gasteiger partial charge < -0.3 is 9.47 Å². The van der Waals surface area contributed by atoms with Gasteiger partial charge in [-0.2, -0.15) is 5.10 Å². The van der Waals surface area contributed by atoms with Gasteiger partial charge in [0.05, 0.1) is 12.2 Å². The minimum Gasteiger partial charge on any atom is -0.338 e. The van der Waals surface area contributed by atoms with Gasteiger partial charge >= 0.3 is 0 Å². The Kier molecular flexibility index (Phi) is 4.70. The van der Waals surface area contributed by atoms with Crippen molar-refractivity contribution in [3.05, 3.63) is 54.0 Å². The van der Waals surface area contributed by atoms with Crippen LogP contribution in [0.15, 0.2) is 42.7 Å². The third-order valence-electron chi connectivity index (χ3n) is 4.47. The van der Waals surface area contributed by atoms with Gasteiger partial charge in [0, 0.05) is 35.9 Å². The number of nitrogens with zero attached hydrogens (tertiary/aromatic N) is 3. The van der Waals surface area contributed by atoms with E-state index >= 15 is 0 Å². The molecule has 0 aliphatic rings. The summed E-state index contributed by atoms with van der Waals surface area (Å²) in [5.41, 5.74) is 2.44. The van der Waals surface area contributed by atoms with Crippen molar-refractivity contribution in [3.8, 4) is 0 Å². The van der Waals surface area contributed by atoms with E-state index in [2.05, 4.69) is 10.2 Å². The lowest BCUT2D eigenvalue weighted by Crippen LogP contribution is -2.33. The number of aromatic amines is 1. The van der Waals surface area contributed by atoms with Crippen molar-refractivity contribution in [2.75, 3.05) is 7.05 Å². The summed E-state index contributed by atoms with van der Waals surface area (Å²) in [5.74, 6) is 0.0102. The molecule has 130 valence electrons. The first-order chi connectivity index (χ1) is 12.0. The molecule has 0 saturated carbocycles. The molecule has 2 heterocycles. The van der Waals surface area contributed by atoms with Crippen LogP contribution in [0.3, 0.4) is 0 Å². The van der Waals surface area contributed by atoms with E-state index in [1.165, 1.54) is 0 Å². The van der Waals surface area contributed by atoms with Gasteiger partial charge in [0.15, 0.2) is 5.78 Å². The van der Waals surface area contributed by atoms with E-state index in [4.69, 9.17) is 0 Å². The zero-order valence-corrected chi connectivity index (χ0v) is 14.7. The topological polar surface area (TPSA) is 71.0 Å². The molecular formula is C19H22N4O2. The molecule has 0 unspecified atom stereocenters. The largest absolute Gasteiger partial charge is 0.338 e. The van der Waals surface area contributed by atoms with Gasteiger partial charge in [0.1, 0.15) is 6.04 Å². The second-order valence-electron chi connectivity index (χ2n) is 6.22. The minimum atomic E-state index is -0.356. The highest BCUT2D eigenvalue weighted by Gasteiger charge is 2.25. The molecule has 0 radical (unpaired) electrons. The molecule has 1 aromatic carbocycles. The summed E-state index contributed by atoms with van der Waals surface area (Å²) in [4.78, 5) is 26.7. The third kappa shape index (κ3) is 3.20. The van der Waals surface area contributed by atoms with E-state index in [9.17, 15) is 9.59 Å². The molecule has 0 aliphatic heterocycles. The predicted octanol–water partition coefficient (Wildman–Crippen LogP) is 3.18. The van der Waals surface area contributed by atoms with Crippen LogP contribution < -0.4 is 0 Å². The van der Waals surface area contributed by atoms with Crippen molar-refractivity contribution in [3.63, 3.8) is 0 Å². The molecule has 2 aromatic heterocycles. The van der Waals surface area contributed by atoms with E-state index in [1.807, 2.05) is 48.0 Å². The molecule has 6 nitrogen and oxygen atoms in total.